The van der Waals surface area contributed by atoms with E-state index >= 15 is 0 Å². The van der Waals surface area contributed by atoms with E-state index in [2.05, 4.69) is 30.5 Å². The molecule has 4 aliphatic rings. The van der Waals surface area contributed by atoms with Gasteiger partial charge in [-0.25, -0.2) is 0 Å². The molecule has 0 heterocycles. The average Bonchev–Trinajstić information content (AvgIpc) is 3.18. The van der Waals surface area contributed by atoms with Crippen molar-refractivity contribution in [1.29, 1.82) is 0 Å². The first-order chi connectivity index (χ1) is 18.8. The Balaban J connectivity index is 1.45. The van der Waals surface area contributed by atoms with E-state index in [-0.39, 0.29) is 51.8 Å². The molecule has 8 atom stereocenters. The predicted molar refractivity (Wildman–Crippen MR) is 148 cm³/mol. The van der Waals surface area contributed by atoms with Crippen molar-refractivity contribution in [2.45, 2.75) is 71.8 Å². The molecule has 0 saturated heterocycles. The second kappa shape index (κ2) is 10.2. The predicted octanol–water partition coefficient (Wildman–Crippen LogP) is 5.73. The summed E-state index contributed by atoms with van der Waals surface area (Å²) in [6.07, 6.45) is 8.14. The Labute approximate surface area is 232 Å². The van der Waals surface area contributed by atoms with Crippen molar-refractivity contribution in [2.24, 2.45) is 45.5 Å². The van der Waals surface area contributed by atoms with Gasteiger partial charge < -0.3 is 5.11 Å². The third-order valence-electron chi connectivity index (χ3n) is 10.8. The molecule has 0 aromatic heterocycles. The lowest BCUT2D eigenvalue weighted by Gasteiger charge is -2.58. The Hall–Kier alpha value is -3.41. The summed E-state index contributed by atoms with van der Waals surface area (Å²) in [7, 11) is 0. The number of aliphatic hydroxyl groups is 1. The van der Waals surface area contributed by atoms with E-state index in [0.717, 1.165) is 51.0 Å². The summed E-state index contributed by atoms with van der Waals surface area (Å²) >= 11 is 0. The first kappa shape index (κ1) is 28.1. The quantitative estimate of drug-likeness (QED) is 0.185. The number of fused-ring (bicyclic) bond motifs is 5. The zero-order valence-electron chi connectivity index (χ0n) is 23.1. The Bertz CT molecular complexity index is 1300. The Morgan fingerprint density at radius 2 is 1.85 bits per heavy atom. The van der Waals surface area contributed by atoms with Crippen LogP contribution in [0.4, 0.5) is 17.1 Å². The molecule has 12 heteroatoms. The molecule has 0 amide bonds. The third kappa shape index (κ3) is 4.65. The van der Waals surface area contributed by atoms with Gasteiger partial charge in [-0.3, -0.25) is 35.8 Å². The number of nitro groups is 3. The molecular weight excluding hydrogens is 518 g/mol. The fourth-order valence-corrected chi connectivity index (χ4v) is 9.11. The first-order valence-electron chi connectivity index (χ1n) is 14.1. The van der Waals surface area contributed by atoms with Crippen molar-refractivity contribution in [3.8, 4) is 0 Å². The van der Waals surface area contributed by atoms with Crippen LogP contribution in [0, 0.1) is 70.8 Å². The summed E-state index contributed by atoms with van der Waals surface area (Å²) in [6.45, 7) is 6.24. The maximum atomic E-state index is 11.8. The van der Waals surface area contributed by atoms with Gasteiger partial charge in [0.2, 0.25) is 6.54 Å². The second-order valence-electron chi connectivity index (χ2n) is 12.8. The molecule has 5 rings (SSSR count). The minimum absolute atomic E-state index is 0.0292. The normalized spacial score (nSPS) is 37.0. The summed E-state index contributed by atoms with van der Waals surface area (Å²) in [5.41, 5.74) is 3.80. The highest BCUT2D eigenvalue weighted by Gasteiger charge is 2.62. The van der Waals surface area contributed by atoms with Crippen LogP contribution in [0.15, 0.2) is 34.9 Å². The Kier molecular flexibility index (Phi) is 7.18. The van der Waals surface area contributed by atoms with E-state index in [1.807, 2.05) is 6.92 Å². The summed E-state index contributed by atoms with van der Waals surface area (Å²) in [5.74, 6) is 0.763. The van der Waals surface area contributed by atoms with Crippen molar-refractivity contribution >= 4 is 22.8 Å². The van der Waals surface area contributed by atoms with Crippen LogP contribution in [-0.2, 0) is 0 Å². The maximum Gasteiger partial charge on any atom is 0.301 e. The second-order valence-corrected chi connectivity index (χ2v) is 12.8. The molecular formula is C28H37N5O7. The zero-order chi connectivity index (χ0) is 29.0. The number of hydrogen-bond acceptors (Lipinski definition) is 9. The van der Waals surface area contributed by atoms with E-state index < -0.39 is 21.2 Å². The van der Waals surface area contributed by atoms with Crippen molar-refractivity contribution in [1.82, 2.24) is 0 Å². The van der Waals surface area contributed by atoms with Crippen molar-refractivity contribution < 1.29 is 19.9 Å². The smallest absolute Gasteiger partial charge is 0.301 e. The number of aliphatic hydroxyl groups excluding tert-OH is 1. The van der Waals surface area contributed by atoms with Gasteiger partial charge >= 0.3 is 5.69 Å². The molecule has 3 fully saturated rings. The molecule has 0 bridgehead atoms. The zero-order valence-corrected chi connectivity index (χ0v) is 23.1. The van der Waals surface area contributed by atoms with E-state index in [9.17, 15) is 35.4 Å². The molecule has 0 radical (unpaired) electrons. The first-order valence-corrected chi connectivity index (χ1v) is 14.1. The van der Waals surface area contributed by atoms with Gasteiger partial charge in [-0.15, -0.1) is 0 Å². The van der Waals surface area contributed by atoms with Crippen LogP contribution < -0.4 is 5.43 Å². The number of nitrogens with zero attached hydrogens (tertiary/aromatic N) is 4. The lowest BCUT2D eigenvalue weighted by Crippen LogP contribution is -2.51. The number of anilines is 1. The lowest BCUT2D eigenvalue weighted by molar-refractivity contribution is -0.489. The number of non-ortho nitro benzene ring substituents is 1. The monoisotopic (exact) mass is 555 g/mol. The molecule has 1 aromatic rings. The van der Waals surface area contributed by atoms with E-state index in [0.29, 0.717) is 17.5 Å². The maximum absolute atomic E-state index is 11.8. The summed E-state index contributed by atoms with van der Waals surface area (Å²) < 4.78 is 0. The van der Waals surface area contributed by atoms with Crippen LogP contribution in [0.1, 0.15) is 65.7 Å². The molecule has 12 nitrogen and oxygen atoms in total. The molecule has 216 valence electrons. The van der Waals surface area contributed by atoms with Gasteiger partial charge in [-0.2, -0.15) is 5.10 Å². The van der Waals surface area contributed by atoms with Crippen LogP contribution in [0.3, 0.4) is 0 Å². The average molecular weight is 556 g/mol. The van der Waals surface area contributed by atoms with Gasteiger partial charge in [-0.05, 0) is 86.5 Å². The van der Waals surface area contributed by atoms with Gasteiger partial charge in [0.1, 0.15) is 5.69 Å². The number of nitrogens with one attached hydrogen (secondary N) is 1. The molecule has 0 unspecified atom stereocenters. The van der Waals surface area contributed by atoms with Crippen LogP contribution in [0.2, 0.25) is 0 Å². The summed E-state index contributed by atoms with van der Waals surface area (Å²) in [6, 6.07) is 3.34. The van der Waals surface area contributed by atoms with E-state index in [1.165, 1.54) is 17.7 Å². The largest absolute Gasteiger partial charge is 0.393 e. The highest BCUT2D eigenvalue weighted by atomic mass is 16.6. The Morgan fingerprint density at radius 3 is 2.52 bits per heavy atom. The Morgan fingerprint density at radius 1 is 1.10 bits per heavy atom. The molecule has 1 aromatic carbocycles. The van der Waals surface area contributed by atoms with Crippen LogP contribution in [0.25, 0.3) is 0 Å². The van der Waals surface area contributed by atoms with E-state index in [1.54, 1.807) is 0 Å². The number of rotatable bonds is 7. The fraction of sp³-hybridized carbons (Fsp3) is 0.679. The molecule has 0 spiro atoms. The van der Waals surface area contributed by atoms with Gasteiger partial charge in [0.15, 0.2) is 0 Å². The van der Waals surface area contributed by atoms with Gasteiger partial charge in [0.25, 0.3) is 5.69 Å². The number of hydrogen-bond donors (Lipinski definition) is 2. The van der Waals surface area contributed by atoms with Crippen molar-refractivity contribution in [3.63, 3.8) is 0 Å². The third-order valence-corrected chi connectivity index (χ3v) is 10.8. The topological polar surface area (TPSA) is 174 Å². The highest BCUT2D eigenvalue weighted by Crippen LogP contribution is 2.67. The molecule has 2 N–H and O–H groups in total. The van der Waals surface area contributed by atoms with Crippen molar-refractivity contribution in [2.75, 3.05) is 12.0 Å². The van der Waals surface area contributed by atoms with Crippen LogP contribution in [-0.4, -0.2) is 38.2 Å². The minimum Gasteiger partial charge on any atom is -0.393 e. The molecule has 3 saturated carbocycles. The number of hydrazone groups is 1. The summed E-state index contributed by atoms with van der Waals surface area (Å²) in [4.78, 5) is 32.8. The van der Waals surface area contributed by atoms with Gasteiger partial charge in [-0.1, -0.05) is 25.5 Å². The molecule has 0 aliphatic heterocycles. The van der Waals surface area contributed by atoms with Crippen LogP contribution in [0.5, 0.6) is 0 Å². The van der Waals surface area contributed by atoms with E-state index in [4.69, 9.17) is 0 Å². The van der Waals surface area contributed by atoms with Crippen molar-refractivity contribution in [3.05, 3.63) is 60.2 Å². The van der Waals surface area contributed by atoms with Crippen LogP contribution >= 0.6 is 0 Å². The summed E-state index contributed by atoms with van der Waals surface area (Å²) in [5, 5.41) is 49.2. The minimum atomic E-state index is -0.695. The van der Waals surface area contributed by atoms with Gasteiger partial charge in [0.05, 0.1) is 22.0 Å². The standard InChI is InChI=1S/C28H37N5O7/c1-16(29-30-24-7-5-19(32(37)38)14-25(24)33(39)40)26-17(15-31(35)36)12-23-21-6-4-18-13-20(34)8-10-27(18,2)22(21)9-11-28(23,26)3/h4-5,7,14,17,20-23,26,30,34H,6,8-13,15H2,1-3H3/b29-16+/t17-,20-,21-,22+,23+,26-,27-,28-/m0/s1. The van der Waals surface area contributed by atoms with Gasteiger partial charge in [0, 0.05) is 28.5 Å². The molecule has 40 heavy (non-hydrogen) atoms. The fourth-order valence-electron chi connectivity index (χ4n) is 9.11. The molecule has 4 aliphatic carbocycles. The number of nitro benzene ring substituents is 2. The SMILES string of the molecule is C/C(=N\Nc1ccc([N+](=O)[O-])cc1[N+](=O)[O-])[C@H]1[C@H](C[N+](=O)[O-])C[C@@H]2[C@H]3CC=C4C[C@@H](O)CC[C@]4(C)[C@@H]3CC[C@@]21C. The lowest BCUT2D eigenvalue weighted by atomic mass is 9.47. The number of benzene rings is 1. The number of allylic oxidation sites excluding steroid dienone is 1. The highest BCUT2D eigenvalue weighted by molar-refractivity contribution is 5.87.